The first-order valence-electron chi connectivity index (χ1n) is 10.2. The molecule has 1 aromatic rings. The van der Waals surface area contributed by atoms with Crippen molar-refractivity contribution in [2.75, 3.05) is 33.4 Å². The Balaban J connectivity index is 1.58. The van der Waals surface area contributed by atoms with Crippen LogP contribution in [0.5, 0.6) is 0 Å². The second kappa shape index (κ2) is 8.49. The molecule has 2 atom stereocenters. The smallest absolute Gasteiger partial charge is 0.227 e. The largest absolute Gasteiger partial charge is 0.345 e. The van der Waals surface area contributed by atoms with Crippen LogP contribution >= 0.6 is 23.2 Å². The number of nitrogens with zero attached hydrogens (tertiary/aromatic N) is 2. The number of amides is 1. The van der Waals surface area contributed by atoms with E-state index in [1.165, 1.54) is 6.42 Å². The topological polar surface area (TPSA) is 42.0 Å². The minimum atomic E-state index is -0.682. The van der Waals surface area contributed by atoms with Gasteiger partial charge in [-0.1, -0.05) is 35.7 Å². The highest BCUT2D eigenvalue weighted by molar-refractivity contribution is 6.42. The summed E-state index contributed by atoms with van der Waals surface area (Å²) in [7, 11) is 1.90. The Morgan fingerprint density at radius 3 is 2.57 bits per heavy atom. The first kappa shape index (κ1) is 20.4. The fraction of sp³-hybridized carbons (Fsp3) is 0.667. The van der Waals surface area contributed by atoms with E-state index < -0.39 is 5.79 Å². The van der Waals surface area contributed by atoms with Gasteiger partial charge >= 0.3 is 0 Å². The van der Waals surface area contributed by atoms with Crippen molar-refractivity contribution in [2.45, 2.75) is 56.4 Å². The van der Waals surface area contributed by atoms with Gasteiger partial charge in [-0.2, -0.15) is 0 Å². The minimum Gasteiger partial charge on any atom is -0.345 e. The fourth-order valence-corrected chi connectivity index (χ4v) is 5.14. The van der Waals surface area contributed by atoms with Gasteiger partial charge in [-0.05, 0) is 50.0 Å². The summed E-state index contributed by atoms with van der Waals surface area (Å²) < 4.78 is 12.4. The Bertz CT molecular complexity index is 720. The van der Waals surface area contributed by atoms with Crippen LogP contribution in [0.25, 0.3) is 0 Å². The van der Waals surface area contributed by atoms with Crippen LogP contribution in [-0.4, -0.2) is 66.9 Å². The van der Waals surface area contributed by atoms with Gasteiger partial charge in [0.2, 0.25) is 5.91 Å². The van der Waals surface area contributed by atoms with Gasteiger partial charge in [0.15, 0.2) is 5.79 Å². The van der Waals surface area contributed by atoms with Gasteiger partial charge in [0.25, 0.3) is 0 Å². The Morgan fingerprint density at radius 1 is 1.18 bits per heavy atom. The molecule has 1 aliphatic carbocycles. The number of benzene rings is 1. The van der Waals surface area contributed by atoms with Gasteiger partial charge in [-0.25, -0.2) is 0 Å². The Kier molecular flexibility index (Phi) is 6.19. The minimum absolute atomic E-state index is 0.0503. The second-order valence-electron chi connectivity index (χ2n) is 8.09. The standard InChI is InChI=1S/C21H28Cl2N2O3/c1-24(19(26)14-15-6-7-16(22)17(23)13-15)20-18(25-9-4-10-25)5-2-3-8-21(20)27-11-12-28-21/h6-7,13,18,20H,2-5,8-12,14H2,1H3. The van der Waals surface area contributed by atoms with Crippen molar-refractivity contribution in [1.82, 2.24) is 9.80 Å². The van der Waals surface area contributed by atoms with Gasteiger partial charge in [0.1, 0.15) is 6.04 Å². The molecule has 1 saturated carbocycles. The normalized spacial score (nSPS) is 27.4. The quantitative estimate of drug-likeness (QED) is 0.734. The number of likely N-dealkylation sites (tertiary alicyclic amines) is 1. The Hall–Kier alpha value is -0.850. The van der Waals surface area contributed by atoms with Crippen LogP contribution in [0, 0.1) is 0 Å². The number of carbonyl (C=O) groups excluding carboxylic acids is 1. The van der Waals surface area contributed by atoms with E-state index in [0.29, 0.717) is 23.3 Å². The molecule has 2 aliphatic heterocycles. The average molecular weight is 427 g/mol. The second-order valence-corrected chi connectivity index (χ2v) is 8.90. The highest BCUT2D eigenvalue weighted by atomic mass is 35.5. The molecule has 4 rings (SSSR count). The van der Waals surface area contributed by atoms with Crippen molar-refractivity contribution in [3.05, 3.63) is 33.8 Å². The summed E-state index contributed by atoms with van der Waals surface area (Å²) >= 11 is 12.1. The Morgan fingerprint density at radius 2 is 1.93 bits per heavy atom. The first-order valence-corrected chi connectivity index (χ1v) is 11.0. The van der Waals surface area contributed by atoms with Gasteiger partial charge in [-0.3, -0.25) is 9.69 Å². The zero-order valence-corrected chi connectivity index (χ0v) is 17.8. The number of halogens is 2. The molecule has 0 bridgehead atoms. The van der Waals surface area contributed by atoms with E-state index in [9.17, 15) is 4.79 Å². The van der Waals surface area contributed by atoms with Crippen LogP contribution in [-0.2, 0) is 20.7 Å². The molecule has 1 amide bonds. The summed E-state index contributed by atoms with van der Waals surface area (Å²) in [5, 5.41) is 0.973. The summed E-state index contributed by atoms with van der Waals surface area (Å²) in [6.45, 7) is 3.37. The van der Waals surface area contributed by atoms with Crippen molar-refractivity contribution in [1.29, 1.82) is 0 Å². The lowest BCUT2D eigenvalue weighted by Gasteiger charge is -2.49. The number of likely N-dealkylation sites (N-methyl/N-ethyl adjacent to an activating group) is 1. The fourth-order valence-electron chi connectivity index (χ4n) is 4.82. The molecule has 28 heavy (non-hydrogen) atoms. The monoisotopic (exact) mass is 426 g/mol. The highest BCUT2D eigenvalue weighted by Crippen LogP contribution is 2.40. The predicted octanol–water partition coefficient (Wildman–Crippen LogP) is 3.75. The number of hydrogen-bond donors (Lipinski definition) is 0. The highest BCUT2D eigenvalue weighted by Gasteiger charge is 2.53. The molecule has 154 valence electrons. The number of rotatable bonds is 4. The molecular weight excluding hydrogens is 399 g/mol. The molecule has 3 fully saturated rings. The summed E-state index contributed by atoms with van der Waals surface area (Å²) in [6, 6.07) is 5.54. The maximum atomic E-state index is 13.3. The zero-order chi connectivity index (χ0) is 19.7. The van der Waals surface area contributed by atoms with Crippen molar-refractivity contribution < 1.29 is 14.3 Å². The van der Waals surface area contributed by atoms with Crippen LogP contribution < -0.4 is 0 Å². The van der Waals surface area contributed by atoms with E-state index in [1.807, 2.05) is 18.0 Å². The van der Waals surface area contributed by atoms with Gasteiger partial charge < -0.3 is 14.4 Å². The molecule has 0 N–H and O–H groups in total. The Labute approximate surface area is 176 Å². The molecule has 0 radical (unpaired) electrons. The SMILES string of the molecule is CN(C(=O)Cc1ccc(Cl)c(Cl)c1)C1C(N2CCC2)CCCCC12OCCO2. The van der Waals surface area contributed by atoms with Crippen LogP contribution in [0.1, 0.15) is 37.7 Å². The summed E-state index contributed by atoms with van der Waals surface area (Å²) in [5.41, 5.74) is 0.864. The lowest BCUT2D eigenvalue weighted by molar-refractivity contribution is -0.217. The molecule has 2 unspecified atom stereocenters. The molecule has 2 saturated heterocycles. The molecule has 2 heterocycles. The maximum absolute atomic E-state index is 13.3. The van der Waals surface area contributed by atoms with E-state index in [1.54, 1.807) is 12.1 Å². The van der Waals surface area contributed by atoms with E-state index in [2.05, 4.69) is 4.90 Å². The van der Waals surface area contributed by atoms with Crippen LogP contribution in [0.3, 0.4) is 0 Å². The van der Waals surface area contributed by atoms with Crippen molar-refractivity contribution in [3.63, 3.8) is 0 Å². The van der Waals surface area contributed by atoms with Gasteiger partial charge in [0, 0.05) is 19.5 Å². The molecule has 0 aromatic heterocycles. The molecule has 1 aromatic carbocycles. The lowest BCUT2D eigenvalue weighted by Crippen LogP contribution is -2.65. The molecule has 1 spiro atoms. The number of hydrogen-bond acceptors (Lipinski definition) is 4. The van der Waals surface area contributed by atoms with Crippen LogP contribution in [0.2, 0.25) is 10.0 Å². The third-order valence-electron chi connectivity index (χ3n) is 6.38. The molecular formula is C21H28Cl2N2O3. The van der Waals surface area contributed by atoms with Crippen molar-refractivity contribution in [3.8, 4) is 0 Å². The molecule has 3 aliphatic rings. The predicted molar refractivity (Wildman–Crippen MR) is 110 cm³/mol. The average Bonchev–Trinajstić information content (AvgIpc) is 3.01. The maximum Gasteiger partial charge on any atom is 0.227 e. The summed E-state index contributed by atoms with van der Waals surface area (Å²) in [6.07, 6.45) is 5.62. The van der Waals surface area contributed by atoms with Crippen molar-refractivity contribution >= 4 is 29.1 Å². The van der Waals surface area contributed by atoms with Crippen LogP contribution in [0.15, 0.2) is 18.2 Å². The van der Waals surface area contributed by atoms with Gasteiger partial charge in [-0.15, -0.1) is 0 Å². The van der Waals surface area contributed by atoms with Gasteiger partial charge in [0.05, 0.1) is 29.7 Å². The van der Waals surface area contributed by atoms with E-state index in [-0.39, 0.29) is 24.4 Å². The third kappa shape index (κ3) is 3.92. The molecule has 7 heteroatoms. The first-order chi connectivity index (χ1) is 13.5. The summed E-state index contributed by atoms with van der Waals surface area (Å²) in [4.78, 5) is 17.6. The lowest BCUT2D eigenvalue weighted by atomic mass is 9.91. The zero-order valence-electron chi connectivity index (χ0n) is 16.3. The third-order valence-corrected chi connectivity index (χ3v) is 7.12. The van der Waals surface area contributed by atoms with E-state index in [4.69, 9.17) is 32.7 Å². The molecule has 5 nitrogen and oxygen atoms in total. The van der Waals surface area contributed by atoms with E-state index in [0.717, 1.165) is 44.3 Å². The summed E-state index contributed by atoms with van der Waals surface area (Å²) in [5.74, 6) is -0.631. The number of ether oxygens (including phenoxy) is 2. The van der Waals surface area contributed by atoms with Crippen molar-refractivity contribution in [2.24, 2.45) is 0 Å². The van der Waals surface area contributed by atoms with Crippen LogP contribution in [0.4, 0.5) is 0 Å². The number of carbonyl (C=O) groups is 1. The van der Waals surface area contributed by atoms with E-state index >= 15 is 0 Å².